The highest BCUT2D eigenvalue weighted by Crippen LogP contribution is 2.14. The Morgan fingerprint density at radius 3 is 2.33 bits per heavy atom. The maximum Gasteiger partial charge on any atom is 0.269 e. The molecule has 0 aliphatic heterocycles. The standard InChI is InChI=1S/C9H11NO4S/c1-7(15(13)14)6-8-2-4-9(5-3-8)10(11)12/h2-5,7H,6H2,1H3,(H,13,14)/p-1. The Kier molecular flexibility index (Phi) is 3.93. The molecule has 0 spiro atoms. The van der Waals surface area contributed by atoms with E-state index in [0.29, 0.717) is 6.42 Å². The molecular formula is C9H10NO4S-. The van der Waals surface area contributed by atoms with Gasteiger partial charge < -0.3 is 4.55 Å². The number of non-ortho nitro benzene ring substituents is 1. The van der Waals surface area contributed by atoms with Gasteiger partial charge in [0.2, 0.25) is 0 Å². The van der Waals surface area contributed by atoms with Gasteiger partial charge in [0.15, 0.2) is 0 Å². The number of benzene rings is 1. The normalized spacial score (nSPS) is 14.5. The van der Waals surface area contributed by atoms with Gasteiger partial charge >= 0.3 is 0 Å². The molecule has 0 radical (unpaired) electrons. The van der Waals surface area contributed by atoms with Crippen LogP contribution in [0.2, 0.25) is 0 Å². The number of nitrogens with zero attached hydrogens (tertiary/aromatic N) is 1. The van der Waals surface area contributed by atoms with Crippen molar-refractivity contribution < 1.29 is 13.7 Å². The Labute approximate surface area is 89.6 Å². The van der Waals surface area contributed by atoms with Crippen molar-refractivity contribution in [1.29, 1.82) is 0 Å². The van der Waals surface area contributed by atoms with Crippen molar-refractivity contribution >= 4 is 16.8 Å². The molecule has 0 aliphatic carbocycles. The molecule has 0 N–H and O–H groups in total. The van der Waals surface area contributed by atoms with E-state index < -0.39 is 21.3 Å². The molecule has 0 heterocycles. The predicted octanol–water partition coefficient (Wildman–Crippen LogP) is 1.40. The lowest BCUT2D eigenvalue weighted by atomic mass is 10.1. The van der Waals surface area contributed by atoms with E-state index in [2.05, 4.69) is 0 Å². The Morgan fingerprint density at radius 1 is 1.40 bits per heavy atom. The van der Waals surface area contributed by atoms with Crippen molar-refractivity contribution in [2.75, 3.05) is 0 Å². The molecule has 0 saturated heterocycles. The van der Waals surface area contributed by atoms with Crippen LogP contribution in [0.5, 0.6) is 0 Å². The van der Waals surface area contributed by atoms with E-state index in [1.807, 2.05) is 0 Å². The first kappa shape index (κ1) is 11.8. The number of nitro groups is 1. The van der Waals surface area contributed by atoms with Crippen LogP contribution in [0.4, 0.5) is 5.69 Å². The zero-order chi connectivity index (χ0) is 11.4. The van der Waals surface area contributed by atoms with Gasteiger partial charge in [-0.15, -0.1) is 0 Å². The van der Waals surface area contributed by atoms with Gasteiger partial charge in [-0.3, -0.25) is 14.3 Å². The van der Waals surface area contributed by atoms with Crippen molar-refractivity contribution in [2.45, 2.75) is 18.6 Å². The highest BCUT2D eigenvalue weighted by Gasteiger charge is 2.07. The Balaban J connectivity index is 2.72. The number of hydrogen-bond donors (Lipinski definition) is 0. The molecule has 82 valence electrons. The van der Waals surface area contributed by atoms with Gasteiger partial charge in [-0.1, -0.05) is 30.1 Å². The highest BCUT2D eigenvalue weighted by atomic mass is 32.2. The maximum absolute atomic E-state index is 10.6. The van der Waals surface area contributed by atoms with E-state index in [1.165, 1.54) is 12.1 Å². The van der Waals surface area contributed by atoms with Crippen LogP contribution in [-0.2, 0) is 17.5 Å². The minimum absolute atomic E-state index is 0.00893. The lowest BCUT2D eigenvalue weighted by molar-refractivity contribution is -0.384. The summed E-state index contributed by atoms with van der Waals surface area (Å²) in [7, 11) is 0. The molecule has 0 aliphatic rings. The van der Waals surface area contributed by atoms with Crippen LogP contribution < -0.4 is 0 Å². The van der Waals surface area contributed by atoms with Crippen molar-refractivity contribution in [1.82, 2.24) is 0 Å². The molecule has 15 heavy (non-hydrogen) atoms. The quantitative estimate of drug-likeness (QED) is 0.443. The Hall–Kier alpha value is -1.27. The summed E-state index contributed by atoms with van der Waals surface area (Å²) < 4.78 is 21.1. The molecule has 6 heteroatoms. The van der Waals surface area contributed by atoms with Crippen LogP contribution in [-0.4, -0.2) is 18.9 Å². The fraction of sp³-hybridized carbons (Fsp3) is 0.333. The van der Waals surface area contributed by atoms with Gasteiger partial charge in [0.1, 0.15) is 0 Å². The smallest absolute Gasteiger partial charge is 0.269 e. The minimum atomic E-state index is -2.11. The zero-order valence-electron chi connectivity index (χ0n) is 8.08. The first-order chi connectivity index (χ1) is 7.00. The summed E-state index contributed by atoms with van der Waals surface area (Å²) in [5.41, 5.74) is 0.784. The molecule has 0 saturated carbocycles. The summed E-state index contributed by atoms with van der Waals surface area (Å²) >= 11 is -2.11. The number of hydrogen-bond acceptors (Lipinski definition) is 4. The van der Waals surface area contributed by atoms with Crippen molar-refractivity contribution in [3.8, 4) is 0 Å². The third-order valence-corrected chi connectivity index (χ3v) is 2.82. The predicted molar refractivity (Wildman–Crippen MR) is 55.2 cm³/mol. The Morgan fingerprint density at radius 2 is 1.93 bits per heavy atom. The van der Waals surface area contributed by atoms with Crippen LogP contribution in [0.25, 0.3) is 0 Å². The fourth-order valence-corrected chi connectivity index (χ4v) is 1.48. The average Bonchev–Trinajstić information content (AvgIpc) is 2.18. The molecule has 0 fully saturated rings. The van der Waals surface area contributed by atoms with Gasteiger partial charge in [-0.2, -0.15) is 0 Å². The van der Waals surface area contributed by atoms with Crippen LogP contribution in [0.3, 0.4) is 0 Å². The van der Waals surface area contributed by atoms with E-state index in [1.54, 1.807) is 19.1 Å². The average molecular weight is 228 g/mol. The summed E-state index contributed by atoms with van der Waals surface area (Å²) in [6, 6.07) is 5.88. The lowest BCUT2D eigenvalue weighted by Gasteiger charge is -2.14. The van der Waals surface area contributed by atoms with Crippen LogP contribution in [0.1, 0.15) is 12.5 Å². The van der Waals surface area contributed by atoms with E-state index >= 15 is 0 Å². The maximum atomic E-state index is 10.6. The third-order valence-electron chi connectivity index (χ3n) is 2.00. The van der Waals surface area contributed by atoms with Crippen LogP contribution >= 0.6 is 0 Å². The molecule has 2 unspecified atom stereocenters. The second kappa shape index (κ2) is 4.99. The van der Waals surface area contributed by atoms with E-state index in [9.17, 15) is 18.9 Å². The lowest BCUT2D eigenvalue weighted by Crippen LogP contribution is -2.12. The second-order valence-corrected chi connectivity index (χ2v) is 4.52. The van der Waals surface area contributed by atoms with E-state index in [0.717, 1.165) is 5.56 Å². The summed E-state index contributed by atoms with van der Waals surface area (Å²) in [6.45, 7) is 1.59. The second-order valence-electron chi connectivity index (χ2n) is 3.20. The largest absolute Gasteiger partial charge is 0.772 e. The number of nitro benzene ring substituents is 1. The van der Waals surface area contributed by atoms with Crippen molar-refractivity contribution in [3.63, 3.8) is 0 Å². The Bertz CT molecular complexity index is 376. The van der Waals surface area contributed by atoms with E-state index in [4.69, 9.17) is 0 Å². The van der Waals surface area contributed by atoms with Gasteiger partial charge in [0.25, 0.3) is 5.69 Å². The molecule has 2 atom stereocenters. The molecule has 0 aromatic heterocycles. The fourth-order valence-electron chi connectivity index (χ4n) is 1.15. The van der Waals surface area contributed by atoms with Gasteiger partial charge in [0, 0.05) is 17.4 Å². The highest BCUT2D eigenvalue weighted by molar-refractivity contribution is 7.79. The SMILES string of the molecule is CC(Cc1ccc([N+](=O)[O-])cc1)S(=O)[O-]. The van der Waals surface area contributed by atoms with Gasteiger partial charge in [0.05, 0.1) is 4.92 Å². The molecule has 1 aromatic carbocycles. The minimum Gasteiger partial charge on any atom is -0.772 e. The first-order valence-electron chi connectivity index (χ1n) is 4.32. The van der Waals surface area contributed by atoms with E-state index in [-0.39, 0.29) is 5.69 Å². The molecule has 5 nitrogen and oxygen atoms in total. The molecular weight excluding hydrogens is 218 g/mol. The summed E-state index contributed by atoms with van der Waals surface area (Å²) in [6.07, 6.45) is 0.369. The molecule has 1 rings (SSSR count). The summed E-state index contributed by atoms with van der Waals surface area (Å²) in [5, 5.41) is 9.87. The topological polar surface area (TPSA) is 83.3 Å². The molecule has 1 aromatic rings. The van der Waals surface area contributed by atoms with Crippen LogP contribution in [0.15, 0.2) is 24.3 Å². The zero-order valence-corrected chi connectivity index (χ0v) is 8.90. The monoisotopic (exact) mass is 228 g/mol. The summed E-state index contributed by atoms with van der Waals surface area (Å²) in [4.78, 5) is 9.86. The summed E-state index contributed by atoms with van der Waals surface area (Å²) in [5.74, 6) is 0. The first-order valence-corrected chi connectivity index (χ1v) is 5.46. The molecule has 0 bridgehead atoms. The third kappa shape index (κ3) is 3.41. The van der Waals surface area contributed by atoms with Gasteiger partial charge in [-0.05, 0) is 12.0 Å². The van der Waals surface area contributed by atoms with Crippen molar-refractivity contribution in [2.24, 2.45) is 0 Å². The van der Waals surface area contributed by atoms with Gasteiger partial charge in [-0.25, -0.2) is 0 Å². The molecule has 0 amide bonds. The number of rotatable bonds is 4. The van der Waals surface area contributed by atoms with Crippen LogP contribution in [0, 0.1) is 10.1 Å². The van der Waals surface area contributed by atoms with Crippen molar-refractivity contribution in [3.05, 3.63) is 39.9 Å².